The summed E-state index contributed by atoms with van der Waals surface area (Å²) >= 11 is 11.8. The molecular weight excluding hydrogens is 289 g/mol. The molecule has 1 aromatic heterocycles. The number of nitrogens with zero attached hydrogens (tertiary/aromatic N) is 3. The molecule has 0 spiro atoms. The number of aromatic hydroxyl groups is 1. The van der Waals surface area contributed by atoms with Gasteiger partial charge in [-0.05, 0) is 18.2 Å². The Morgan fingerprint density at radius 1 is 1.37 bits per heavy atom. The molecule has 96 valence electrons. The second-order valence-corrected chi connectivity index (χ2v) is 4.50. The Kier molecular flexibility index (Phi) is 3.74. The third-order valence-corrected chi connectivity index (χ3v) is 2.91. The van der Waals surface area contributed by atoms with Crippen molar-refractivity contribution in [1.29, 1.82) is 5.26 Å². The zero-order chi connectivity index (χ0) is 14.0. The van der Waals surface area contributed by atoms with Gasteiger partial charge in [-0.3, -0.25) is 4.79 Å². The molecule has 0 saturated heterocycles. The van der Waals surface area contributed by atoms with Crippen LogP contribution in [-0.4, -0.2) is 14.9 Å². The molecule has 0 radical (unpaired) electrons. The standard InChI is InChI=1S/C12H7Cl2N3O2/c13-7-1-2-10(8(14)5-7)17-12(19)6-11(18)9(16-17)3-4-15/h1-2,5-6,18H,3H2. The summed E-state index contributed by atoms with van der Waals surface area (Å²) in [5.41, 5.74) is -0.119. The lowest BCUT2D eigenvalue weighted by Gasteiger charge is -2.08. The van der Waals surface area contributed by atoms with Gasteiger partial charge >= 0.3 is 0 Å². The van der Waals surface area contributed by atoms with Crippen molar-refractivity contribution in [3.8, 4) is 17.5 Å². The van der Waals surface area contributed by atoms with Gasteiger partial charge in [-0.25, -0.2) is 0 Å². The summed E-state index contributed by atoms with van der Waals surface area (Å²) < 4.78 is 1.02. The number of hydrogen-bond donors (Lipinski definition) is 1. The summed E-state index contributed by atoms with van der Waals surface area (Å²) in [5, 5.41) is 22.8. The van der Waals surface area contributed by atoms with Gasteiger partial charge in [0.15, 0.2) is 0 Å². The van der Waals surface area contributed by atoms with E-state index in [1.54, 1.807) is 6.07 Å². The molecule has 0 atom stereocenters. The number of hydrogen-bond acceptors (Lipinski definition) is 4. The molecule has 19 heavy (non-hydrogen) atoms. The van der Waals surface area contributed by atoms with E-state index in [1.165, 1.54) is 12.1 Å². The Morgan fingerprint density at radius 3 is 2.74 bits per heavy atom. The average Bonchev–Trinajstić information content (AvgIpc) is 2.34. The molecule has 0 unspecified atom stereocenters. The smallest absolute Gasteiger partial charge is 0.275 e. The first-order chi connectivity index (χ1) is 9.02. The Balaban J connectivity index is 2.65. The molecule has 0 aliphatic rings. The van der Waals surface area contributed by atoms with Crippen molar-refractivity contribution in [1.82, 2.24) is 9.78 Å². The van der Waals surface area contributed by atoms with Crippen LogP contribution in [0.1, 0.15) is 5.69 Å². The van der Waals surface area contributed by atoms with Gasteiger partial charge in [-0.2, -0.15) is 15.0 Å². The minimum absolute atomic E-state index is 0.105. The van der Waals surface area contributed by atoms with E-state index in [9.17, 15) is 9.90 Å². The largest absolute Gasteiger partial charge is 0.506 e. The topological polar surface area (TPSA) is 78.9 Å². The van der Waals surface area contributed by atoms with Gasteiger partial charge in [0.25, 0.3) is 5.56 Å². The van der Waals surface area contributed by atoms with Gasteiger partial charge in [-0.1, -0.05) is 23.2 Å². The van der Waals surface area contributed by atoms with Crippen LogP contribution < -0.4 is 5.56 Å². The van der Waals surface area contributed by atoms with Crippen molar-refractivity contribution in [3.63, 3.8) is 0 Å². The van der Waals surface area contributed by atoms with Crippen LogP contribution in [0.3, 0.4) is 0 Å². The summed E-state index contributed by atoms with van der Waals surface area (Å²) in [5.74, 6) is -0.312. The second kappa shape index (κ2) is 5.31. The summed E-state index contributed by atoms with van der Waals surface area (Å²) in [4.78, 5) is 11.8. The predicted octanol–water partition coefficient (Wildman–Crippen LogP) is 2.31. The number of halogens is 2. The predicted molar refractivity (Wildman–Crippen MR) is 70.8 cm³/mol. The molecule has 1 heterocycles. The quantitative estimate of drug-likeness (QED) is 0.922. The SMILES string of the molecule is N#CCc1nn(-c2ccc(Cl)cc2Cl)c(=O)cc1O. The van der Waals surface area contributed by atoms with Crippen LogP contribution in [0.2, 0.25) is 10.0 Å². The Labute approximate surface area is 118 Å². The van der Waals surface area contributed by atoms with Crippen molar-refractivity contribution in [2.75, 3.05) is 0 Å². The number of aromatic nitrogens is 2. The molecule has 0 bridgehead atoms. The maximum Gasteiger partial charge on any atom is 0.275 e. The first kappa shape index (κ1) is 13.4. The number of rotatable bonds is 2. The van der Waals surface area contributed by atoms with Crippen molar-refractivity contribution in [2.45, 2.75) is 6.42 Å². The van der Waals surface area contributed by atoms with E-state index < -0.39 is 5.56 Å². The maximum absolute atomic E-state index is 11.8. The highest BCUT2D eigenvalue weighted by Gasteiger charge is 2.11. The molecule has 7 heteroatoms. The minimum Gasteiger partial charge on any atom is -0.506 e. The fraction of sp³-hybridized carbons (Fsp3) is 0.0833. The number of benzene rings is 1. The molecule has 1 aromatic carbocycles. The average molecular weight is 296 g/mol. The highest BCUT2D eigenvalue weighted by molar-refractivity contribution is 6.35. The molecule has 5 nitrogen and oxygen atoms in total. The van der Waals surface area contributed by atoms with Crippen LogP contribution >= 0.6 is 23.2 Å². The van der Waals surface area contributed by atoms with Crippen LogP contribution in [0.4, 0.5) is 0 Å². The van der Waals surface area contributed by atoms with E-state index in [2.05, 4.69) is 5.10 Å². The highest BCUT2D eigenvalue weighted by Crippen LogP contribution is 2.23. The molecule has 2 aromatic rings. The summed E-state index contributed by atoms with van der Waals surface area (Å²) in [6.45, 7) is 0. The third kappa shape index (κ3) is 2.70. The van der Waals surface area contributed by atoms with Gasteiger partial charge in [-0.15, -0.1) is 0 Å². The Hall–Kier alpha value is -2.03. The van der Waals surface area contributed by atoms with Crippen LogP contribution in [-0.2, 0) is 6.42 Å². The summed E-state index contributed by atoms with van der Waals surface area (Å²) in [6.07, 6.45) is -0.114. The van der Waals surface area contributed by atoms with E-state index in [-0.39, 0.29) is 22.9 Å². The van der Waals surface area contributed by atoms with Crippen molar-refractivity contribution >= 4 is 23.2 Å². The van der Waals surface area contributed by atoms with E-state index >= 15 is 0 Å². The molecule has 0 saturated carbocycles. The normalized spacial score (nSPS) is 10.2. The lowest BCUT2D eigenvalue weighted by atomic mass is 10.3. The first-order valence-electron chi connectivity index (χ1n) is 5.17. The summed E-state index contributed by atoms with van der Waals surface area (Å²) in [6, 6.07) is 7.42. The molecule has 0 amide bonds. The van der Waals surface area contributed by atoms with E-state index in [1.807, 2.05) is 6.07 Å². The van der Waals surface area contributed by atoms with Gasteiger partial charge in [0.1, 0.15) is 11.4 Å². The minimum atomic E-state index is -0.552. The lowest BCUT2D eigenvalue weighted by molar-refractivity contribution is 0.459. The third-order valence-electron chi connectivity index (χ3n) is 2.37. The Bertz CT molecular complexity index is 735. The van der Waals surface area contributed by atoms with Crippen molar-refractivity contribution in [2.24, 2.45) is 0 Å². The van der Waals surface area contributed by atoms with Gasteiger partial charge < -0.3 is 5.11 Å². The van der Waals surface area contributed by atoms with Crippen molar-refractivity contribution < 1.29 is 5.11 Å². The fourth-order valence-electron chi connectivity index (χ4n) is 1.51. The van der Waals surface area contributed by atoms with E-state index in [0.717, 1.165) is 10.7 Å². The van der Waals surface area contributed by atoms with E-state index in [0.29, 0.717) is 10.7 Å². The van der Waals surface area contributed by atoms with Gasteiger partial charge in [0.05, 0.1) is 23.2 Å². The zero-order valence-electron chi connectivity index (χ0n) is 9.47. The van der Waals surface area contributed by atoms with Gasteiger partial charge in [0.2, 0.25) is 0 Å². The zero-order valence-corrected chi connectivity index (χ0v) is 11.0. The molecule has 0 fully saturated rings. The van der Waals surface area contributed by atoms with E-state index in [4.69, 9.17) is 28.5 Å². The molecular formula is C12H7Cl2N3O2. The first-order valence-corrected chi connectivity index (χ1v) is 5.93. The molecule has 2 rings (SSSR count). The highest BCUT2D eigenvalue weighted by atomic mass is 35.5. The van der Waals surface area contributed by atoms with Crippen LogP contribution in [0.25, 0.3) is 5.69 Å². The van der Waals surface area contributed by atoms with Gasteiger partial charge in [0, 0.05) is 11.1 Å². The molecule has 1 N–H and O–H groups in total. The number of nitriles is 1. The lowest BCUT2D eigenvalue weighted by Crippen LogP contribution is -2.21. The molecule has 0 aliphatic carbocycles. The maximum atomic E-state index is 11.8. The van der Waals surface area contributed by atoms with Crippen LogP contribution in [0.15, 0.2) is 29.1 Å². The fourth-order valence-corrected chi connectivity index (χ4v) is 2.00. The monoisotopic (exact) mass is 295 g/mol. The van der Waals surface area contributed by atoms with Crippen LogP contribution in [0, 0.1) is 11.3 Å². The Morgan fingerprint density at radius 2 is 2.11 bits per heavy atom. The second-order valence-electron chi connectivity index (χ2n) is 3.66. The van der Waals surface area contributed by atoms with Crippen molar-refractivity contribution in [3.05, 3.63) is 50.4 Å². The van der Waals surface area contributed by atoms with Crippen LogP contribution in [0.5, 0.6) is 5.75 Å². The molecule has 0 aliphatic heterocycles. The summed E-state index contributed by atoms with van der Waals surface area (Å²) in [7, 11) is 0.